The molecule has 3 aromatic rings. The minimum atomic E-state index is -3.53. The number of fused-ring (bicyclic) bond motifs is 1. The van der Waals surface area contributed by atoms with E-state index in [0.29, 0.717) is 18.5 Å². The average molecular weight is 413 g/mol. The highest BCUT2D eigenvalue weighted by molar-refractivity contribution is 7.89. The van der Waals surface area contributed by atoms with Gasteiger partial charge in [-0.1, -0.05) is 42.5 Å². The van der Waals surface area contributed by atoms with Gasteiger partial charge in [0.2, 0.25) is 10.0 Å². The lowest BCUT2D eigenvalue weighted by Crippen LogP contribution is -2.26. The molecule has 3 aromatic carbocycles. The third-order valence-corrected chi connectivity index (χ3v) is 6.61. The number of amides is 1. The van der Waals surface area contributed by atoms with Crippen molar-refractivity contribution in [2.75, 3.05) is 20.6 Å². The maximum Gasteiger partial charge on any atom is 0.251 e. The van der Waals surface area contributed by atoms with Crippen LogP contribution >= 0.6 is 0 Å². The highest BCUT2D eigenvalue weighted by atomic mass is 32.2. The fourth-order valence-corrected chi connectivity index (χ4v) is 4.01. The van der Waals surface area contributed by atoms with Crippen LogP contribution in [-0.2, 0) is 10.0 Å². The van der Waals surface area contributed by atoms with Crippen LogP contribution in [0.15, 0.2) is 71.6 Å². The van der Waals surface area contributed by atoms with Crippen molar-refractivity contribution in [3.8, 4) is 0 Å². The predicted octanol–water partition coefficient (Wildman–Crippen LogP) is 2.94. The minimum absolute atomic E-state index is 0.130. The first kappa shape index (κ1) is 21.0. The Morgan fingerprint density at radius 3 is 2.34 bits per heavy atom. The van der Waals surface area contributed by atoms with Gasteiger partial charge in [0.1, 0.15) is 0 Å². The molecule has 1 unspecified atom stereocenters. The Morgan fingerprint density at radius 2 is 1.66 bits per heavy atom. The van der Waals surface area contributed by atoms with E-state index in [4.69, 9.17) is 0 Å². The summed E-state index contributed by atoms with van der Waals surface area (Å²) in [7, 11) is -0.616. The van der Waals surface area contributed by atoms with E-state index in [1.54, 1.807) is 0 Å². The molecular weight excluding hydrogens is 388 g/mol. The number of carbonyl (C=O) groups excluding carboxylic acids is 1. The number of hydrogen-bond acceptors (Lipinski definition) is 4. The van der Waals surface area contributed by atoms with Crippen molar-refractivity contribution in [2.24, 2.45) is 0 Å². The Bertz CT molecular complexity index is 1100. The van der Waals surface area contributed by atoms with Crippen molar-refractivity contribution in [1.82, 2.24) is 9.62 Å². The van der Waals surface area contributed by atoms with Crippen molar-refractivity contribution in [1.29, 1.82) is 0 Å². The number of carbonyl (C=O) groups is 1. The summed E-state index contributed by atoms with van der Waals surface area (Å²) < 4.78 is 25.3. The number of nitrogens with one attached hydrogen (secondary N) is 1. The van der Waals surface area contributed by atoms with Crippen LogP contribution in [0.1, 0.15) is 28.4 Å². The van der Waals surface area contributed by atoms with Gasteiger partial charge < -0.3 is 10.4 Å². The molecule has 29 heavy (non-hydrogen) atoms. The zero-order chi connectivity index (χ0) is 21.0. The first-order valence-corrected chi connectivity index (χ1v) is 10.7. The number of rotatable bonds is 7. The van der Waals surface area contributed by atoms with Gasteiger partial charge in [-0.3, -0.25) is 4.79 Å². The van der Waals surface area contributed by atoms with E-state index < -0.39 is 16.1 Å². The minimum Gasteiger partial charge on any atom is -0.388 e. The molecule has 0 spiro atoms. The maximum atomic E-state index is 12.3. The molecule has 152 valence electrons. The van der Waals surface area contributed by atoms with Gasteiger partial charge in [-0.15, -0.1) is 0 Å². The maximum absolute atomic E-state index is 12.3. The molecule has 0 saturated carbocycles. The second kappa shape index (κ2) is 8.73. The lowest BCUT2D eigenvalue weighted by atomic mass is 9.99. The number of sulfonamides is 1. The van der Waals surface area contributed by atoms with Gasteiger partial charge in [0.25, 0.3) is 5.91 Å². The molecule has 0 aliphatic heterocycles. The number of hydrogen-bond donors (Lipinski definition) is 2. The van der Waals surface area contributed by atoms with Crippen LogP contribution in [0.3, 0.4) is 0 Å². The SMILES string of the molecule is CN(C)S(=O)(=O)c1ccc(C(=O)NCCC(O)c2cccc3ccccc23)cc1. The molecule has 3 rings (SSSR count). The van der Waals surface area contributed by atoms with Crippen molar-refractivity contribution in [3.05, 3.63) is 77.9 Å². The smallest absolute Gasteiger partial charge is 0.251 e. The summed E-state index contributed by atoms with van der Waals surface area (Å²) in [6, 6.07) is 19.4. The topological polar surface area (TPSA) is 86.7 Å². The second-order valence-electron chi connectivity index (χ2n) is 6.94. The lowest BCUT2D eigenvalue weighted by molar-refractivity contribution is 0.0943. The first-order chi connectivity index (χ1) is 13.8. The molecular formula is C22H24N2O4S. The Labute approximate surface area is 170 Å². The Balaban J connectivity index is 1.61. The lowest BCUT2D eigenvalue weighted by Gasteiger charge is -2.14. The van der Waals surface area contributed by atoms with Gasteiger partial charge in [-0.25, -0.2) is 12.7 Å². The molecule has 0 heterocycles. The molecule has 7 heteroatoms. The van der Waals surface area contributed by atoms with E-state index in [-0.39, 0.29) is 10.8 Å². The number of aliphatic hydroxyl groups excluding tert-OH is 1. The molecule has 1 atom stereocenters. The average Bonchev–Trinajstić information content (AvgIpc) is 2.73. The van der Waals surface area contributed by atoms with Crippen LogP contribution in [0.25, 0.3) is 10.8 Å². The highest BCUT2D eigenvalue weighted by Gasteiger charge is 2.17. The Kier molecular flexibility index (Phi) is 6.32. The van der Waals surface area contributed by atoms with E-state index in [9.17, 15) is 18.3 Å². The third-order valence-electron chi connectivity index (χ3n) is 4.78. The first-order valence-electron chi connectivity index (χ1n) is 9.27. The third kappa shape index (κ3) is 4.64. The van der Waals surface area contributed by atoms with Crippen LogP contribution in [0.4, 0.5) is 0 Å². The standard InChI is InChI=1S/C22H24N2O4S/c1-24(2)29(27,28)18-12-10-17(11-13-18)22(26)23-15-14-21(25)20-9-5-7-16-6-3-4-8-19(16)20/h3-13,21,25H,14-15H2,1-2H3,(H,23,26). The molecule has 6 nitrogen and oxygen atoms in total. The van der Waals surface area contributed by atoms with Gasteiger partial charge in [0, 0.05) is 26.2 Å². The van der Waals surface area contributed by atoms with E-state index in [1.165, 1.54) is 38.4 Å². The summed E-state index contributed by atoms with van der Waals surface area (Å²) in [6.45, 7) is 0.293. The van der Waals surface area contributed by atoms with E-state index >= 15 is 0 Å². The molecule has 0 bridgehead atoms. The molecule has 0 saturated heterocycles. The van der Waals surface area contributed by atoms with Crippen molar-refractivity contribution < 1.29 is 18.3 Å². The van der Waals surface area contributed by atoms with Gasteiger partial charge in [-0.05, 0) is 47.0 Å². The summed E-state index contributed by atoms with van der Waals surface area (Å²) in [6.07, 6.45) is -0.332. The van der Waals surface area contributed by atoms with Gasteiger partial charge in [-0.2, -0.15) is 0 Å². The van der Waals surface area contributed by atoms with E-state index in [1.807, 2.05) is 42.5 Å². The molecule has 0 aliphatic carbocycles. The second-order valence-corrected chi connectivity index (χ2v) is 9.09. The van der Waals surface area contributed by atoms with Gasteiger partial charge in [0.15, 0.2) is 0 Å². The number of nitrogens with zero attached hydrogens (tertiary/aromatic N) is 1. The summed E-state index contributed by atoms with van der Waals surface area (Å²) in [5, 5.41) is 15.4. The molecule has 0 fully saturated rings. The molecule has 0 radical (unpaired) electrons. The zero-order valence-corrected chi connectivity index (χ0v) is 17.2. The molecule has 0 aliphatic rings. The Morgan fingerprint density at radius 1 is 1.00 bits per heavy atom. The van der Waals surface area contributed by atoms with Crippen LogP contribution in [0.2, 0.25) is 0 Å². The summed E-state index contributed by atoms with van der Waals surface area (Å²) >= 11 is 0. The fraction of sp³-hybridized carbons (Fsp3) is 0.227. The van der Waals surface area contributed by atoms with Crippen molar-refractivity contribution in [3.63, 3.8) is 0 Å². The van der Waals surface area contributed by atoms with Crippen LogP contribution in [-0.4, -0.2) is 44.4 Å². The van der Waals surface area contributed by atoms with Crippen LogP contribution in [0.5, 0.6) is 0 Å². The van der Waals surface area contributed by atoms with Gasteiger partial charge >= 0.3 is 0 Å². The summed E-state index contributed by atoms with van der Waals surface area (Å²) in [5.74, 6) is -0.316. The molecule has 2 N–H and O–H groups in total. The molecule has 0 aromatic heterocycles. The van der Waals surface area contributed by atoms with E-state index in [0.717, 1.165) is 20.6 Å². The molecule has 1 amide bonds. The van der Waals surface area contributed by atoms with Crippen LogP contribution in [0, 0.1) is 0 Å². The zero-order valence-electron chi connectivity index (χ0n) is 16.4. The van der Waals surface area contributed by atoms with Crippen molar-refractivity contribution >= 4 is 26.7 Å². The van der Waals surface area contributed by atoms with Crippen LogP contribution < -0.4 is 5.32 Å². The van der Waals surface area contributed by atoms with E-state index in [2.05, 4.69) is 5.32 Å². The largest absolute Gasteiger partial charge is 0.388 e. The number of benzene rings is 3. The predicted molar refractivity (Wildman–Crippen MR) is 113 cm³/mol. The summed E-state index contributed by atoms with van der Waals surface area (Å²) in [4.78, 5) is 12.4. The van der Waals surface area contributed by atoms with Crippen molar-refractivity contribution in [2.45, 2.75) is 17.4 Å². The Hall–Kier alpha value is -2.74. The van der Waals surface area contributed by atoms with Gasteiger partial charge in [0.05, 0.1) is 11.0 Å². The normalized spacial score (nSPS) is 12.8. The quantitative estimate of drug-likeness (QED) is 0.625. The monoisotopic (exact) mass is 412 g/mol. The number of aliphatic hydroxyl groups is 1. The summed E-state index contributed by atoms with van der Waals surface area (Å²) in [5.41, 5.74) is 1.19. The fourth-order valence-electron chi connectivity index (χ4n) is 3.11. The highest BCUT2D eigenvalue weighted by Crippen LogP contribution is 2.25.